The minimum absolute atomic E-state index is 0. The van der Waals surface area contributed by atoms with Crippen LogP contribution < -0.4 is 18.9 Å². The van der Waals surface area contributed by atoms with E-state index in [1.165, 1.54) is 0 Å². The van der Waals surface area contributed by atoms with Crippen LogP contribution in [0.15, 0.2) is 0 Å². The van der Waals surface area contributed by atoms with Crippen LogP contribution >= 0.6 is 0 Å². The molecule has 0 saturated carbocycles. The summed E-state index contributed by atoms with van der Waals surface area (Å²) in [6.07, 6.45) is 0. The van der Waals surface area contributed by atoms with E-state index in [2.05, 4.69) is 0 Å². The molecule has 4 heavy (non-hydrogen) atoms. The fourth-order valence-corrected chi connectivity index (χ4v) is 0. The van der Waals surface area contributed by atoms with Gasteiger partial charge in [0.05, 0.1) is 0 Å². The van der Waals surface area contributed by atoms with Crippen molar-refractivity contribution in [2.75, 3.05) is 0 Å². The molecule has 0 aliphatic carbocycles. The van der Waals surface area contributed by atoms with Crippen LogP contribution in [0.4, 0.5) is 0 Å². The molecule has 0 bridgehead atoms. The van der Waals surface area contributed by atoms with Crippen LogP contribution in [-0.4, -0.2) is 17.4 Å². The third kappa shape index (κ3) is 8.92. The summed E-state index contributed by atoms with van der Waals surface area (Å²) in [5.74, 6) is 0. The third-order valence-corrected chi connectivity index (χ3v) is 0. The SMILES string of the molecule is [Al+3].[Co+2].[Li+].[Ni+2]. The maximum absolute atomic E-state index is 0. The summed E-state index contributed by atoms with van der Waals surface area (Å²) >= 11 is 0. The summed E-state index contributed by atoms with van der Waals surface area (Å²) < 4.78 is 0. The van der Waals surface area contributed by atoms with Gasteiger partial charge < -0.3 is 0 Å². The maximum atomic E-state index is 0. The Morgan fingerprint density at radius 3 is 1.00 bits per heavy atom. The minimum Gasteiger partial charge on any atom is 1.00 e. The summed E-state index contributed by atoms with van der Waals surface area (Å²) in [7, 11) is 0. The summed E-state index contributed by atoms with van der Waals surface area (Å²) in [5.41, 5.74) is 0. The van der Waals surface area contributed by atoms with E-state index in [-0.39, 0.29) is 69.5 Å². The third-order valence-electron chi connectivity index (χ3n) is 0. The molecule has 0 nitrogen and oxygen atoms in total. The van der Waals surface area contributed by atoms with Gasteiger partial charge in [0.25, 0.3) is 0 Å². The van der Waals surface area contributed by atoms with E-state index in [0.29, 0.717) is 0 Å². The van der Waals surface area contributed by atoms with Gasteiger partial charge in [-0.1, -0.05) is 0 Å². The molecule has 0 spiro atoms. The number of hydrogen-bond acceptors (Lipinski definition) is 0. The molecule has 0 N–H and O–H groups in total. The number of hydrogen-bond donors (Lipinski definition) is 0. The van der Waals surface area contributed by atoms with Crippen molar-refractivity contribution in [1.82, 2.24) is 0 Å². The van der Waals surface area contributed by atoms with Crippen molar-refractivity contribution >= 4 is 17.4 Å². The summed E-state index contributed by atoms with van der Waals surface area (Å²) in [4.78, 5) is 0. The van der Waals surface area contributed by atoms with Gasteiger partial charge >= 0.3 is 69.5 Å². The van der Waals surface area contributed by atoms with Crippen LogP contribution in [0.2, 0.25) is 0 Å². The van der Waals surface area contributed by atoms with Gasteiger partial charge in [-0.25, -0.2) is 0 Å². The molecule has 0 aliphatic heterocycles. The fraction of sp³-hybridized carbons (Fsp3) is 0. The van der Waals surface area contributed by atoms with Gasteiger partial charge in [0, 0.05) is 0 Å². The van der Waals surface area contributed by atoms with Crippen LogP contribution in [0.5, 0.6) is 0 Å². The normalized spacial score (nSPS) is 0. The molecule has 0 aliphatic rings. The smallest absolute Gasteiger partial charge is 1.00 e. The van der Waals surface area contributed by atoms with E-state index in [1.807, 2.05) is 0 Å². The van der Waals surface area contributed by atoms with E-state index >= 15 is 0 Å². The molecular formula is AlCoLiNi+8. The zero-order valence-corrected chi connectivity index (χ0v) is 5.41. The molecular weight excluding hydrogens is 152 g/mol. The van der Waals surface area contributed by atoms with Crippen molar-refractivity contribution in [3.05, 3.63) is 0 Å². The molecule has 15 valence electrons. The number of rotatable bonds is 0. The van der Waals surface area contributed by atoms with Crippen molar-refractivity contribution in [3.63, 3.8) is 0 Å². The zero-order chi connectivity index (χ0) is 0. The molecule has 0 saturated heterocycles. The predicted molar refractivity (Wildman–Crippen MR) is 5.75 cm³/mol. The van der Waals surface area contributed by atoms with Gasteiger partial charge in [-0.3, -0.25) is 0 Å². The second-order valence-electron chi connectivity index (χ2n) is 0. The fourth-order valence-electron chi connectivity index (χ4n) is 0. The topological polar surface area (TPSA) is 0 Å². The quantitative estimate of drug-likeness (QED) is 0.317. The van der Waals surface area contributed by atoms with Crippen LogP contribution in [0, 0.1) is 0 Å². The van der Waals surface area contributed by atoms with Gasteiger partial charge in [-0.2, -0.15) is 0 Å². The standard InChI is InChI=1S/Al.Co.Li.Ni/q+3;+2;+1;+2. The van der Waals surface area contributed by atoms with E-state index in [4.69, 9.17) is 0 Å². The summed E-state index contributed by atoms with van der Waals surface area (Å²) in [6.45, 7) is 0. The van der Waals surface area contributed by atoms with Crippen LogP contribution in [0.25, 0.3) is 0 Å². The van der Waals surface area contributed by atoms with Crippen LogP contribution in [-0.2, 0) is 33.3 Å². The molecule has 0 atom stereocenters. The molecule has 0 fully saturated rings. The summed E-state index contributed by atoms with van der Waals surface area (Å²) in [5, 5.41) is 0. The molecule has 0 amide bonds. The van der Waals surface area contributed by atoms with Gasteiger partial charge in [0.15, 0.2) is 0 Å². The summed E-state index contributed by atoms with van der Waals surface area (Å²) in [6, 6.07) is 0. The molecule has 4 heteroatoms. The maximum Gasteiger partial charge on any atom is 3.00 e. The molecule has 0 unspecified atom stereocenters. The first-order valence-corrected chi connectivity index (χ1v) is 0. The first kappa shape index (κ1) is 35.6. The van der Waals surface area contributed by atoms with Crippen molar-refractivity contribution in [1.29, 1.82) is 0 Å². The molecule has 0 rings (SSSR count). The Kier molecular flexibility index (Phi) is 171. The van der Waals surface area contributed by atoms with Gasteiger partial charge in [0.1, 0.15) is 0 Å². The molecule has 1 radical (unpaired) electrons. The minimum atomic E-state index is 0. The predicted octanol–water partition coefficient (Wildman–Crippen LogP) is -3.38. The van der Waals surface area contributed by atoms with Gasteiger partial charge in [-0.05, 0) is 0 Å². The van der Waals surface area contributed by atoms with Crippen LogP contribution in [0.3, 0.4) is 0 Å². The molecule has 0 aromatic heterocycles. The Hall–Kier alpha value is 2.13. The zero-order valence-electron chi connectivity index (χ0n) is 2.23. The van der Waals surface area contributed by atoms with Crippen molar-refractivity contribution < 1.29 is 52.1 Å². The molecule has 0 heterocycles. The van der Waals surface area contributed by atoms with Crippen molar-refractivity contribution in [2.24, 2.45) is 0 Å². The average Bonchev–Trinajstić information content (AvgIpc) is 0. The first-order chi connectivity index (χ1) is 0. The van der Waals surface area contributed by atoms with E-state index in [9.17, 15) is 0 Å². The Balaban J connectivity index is 0. The van der Waals surface area contributed by atoms with E-state index < -0.39 is 0 Å². The van der Waals surface area contributed by atoms with Crippen LogP contribution in [0.1, 0.15) is 0 Å². The largest absolute Gasteiger partial charge is 3.00 e. The van der Waals surface area contributed by atoms with Crippen molar-refractivity contribution in [3.8, 4) is 0 Å². The van der Waals surface area contributed by atoms with E-state index in [1.54, 1.807) is 0 Å². The Bertz CT molecular complexity index is 8.00. The Morgan fingerprint density at radius 2 is 1.00 bits per heavy atom. The monoisotopic (exact) mass is 151 g/mol. The Morgan fingerprint density at radius 1 is 1.00 bits per heavy atom. The molecule has 0 aromatic rings. The second kappa shape index (κ2) is 19.3. The average molecular weight is 152 g/mol. The second-order valence-corrected chi connectivity index (χ2v) is 0. The van der Waals surface area contributed by atoms with Crippen molar-refractivity contribution in [2.45, 2.75) is 0 Å². The molecule has 0 aromatic carbocycles. The van der Waals surface area contributed by atoms with Gasteiger partial charge in [0.2, 0.25) is 0 Å². The van der Waals surface area contributed by atoms with Gasteiger partial charge in [-0.15, -0.1) is 0 Å². The Labute approximate surface area is 68.9 Å². The first-order valence-electron chi connectivity index (χ1n) is 0. The van der Waals surface area contributed by atoms with E-state index in [0.717, 1.165) is 0 Å².